The predicted molar refractivity (Wildman–Crippen MR) is 92.9 cm³/mol. The summed E-state index contributed by atoms with van der Waals surface area (Å²) in [6.07, 6.45) is 1.95. The van der Waals surface area contributed by atoms with E-state index in [2.05, 4.69) is 15.3 Å². The quantitative estimate of drug-likeness (QED) is 0.512. The molecule has 0 fully saturated rings. The Balaban J connectivity index is 1.43. The van der Waals surface area contributed by atoms with Gasteiger partial charge >= 0.3 is 0 Å². The summed E-state index contributed by atoms with van der Waals surface area (Å²) in [5, 5.41) is 13.3. The molecule has 0 aliphatic heterocycles. The van der Waals surface area contributed by atoms with E-state index in [-0.39, 0.29) is 0 Å². The summed E-state index contributed by atoms with van der Waals surface area (Å²) in [4.78, 5) is 0. The van der Waals surface area contributed by atoms with E-state index in [0.29, 0.717) is 16.9 Å². The monoisotopic (exact) mass is 334 g/mol. The summed E-state index contributed by atoms with van der Waals surface area (Å²) < 4.78 is 7.55. The Hall–Kier alpha value is -2.86. The van der Waals surface area contributed by atoms with Crippen LogP contribution in [0.3, 0.4) is 0 Å². The van der Waals surface area contributed by atoms with Gasteiger partial charge in [-0.3, -0.25) is 0 Å². The molecule has 24 heavy (non-hydrogen) atoms. The highest BCUT2D eigenvalue weighted by molar-refractivity contribution is 7.98. The fraction of sp³-hybridized carbons (Fsp3) is 0.0556. The normalized spacial score (nSPS) is 10.8. The van der Waals surface area contributed by atoms with Crippen molar-refractivity contribution < 1.29 is 4.42 Å². The van der Waals surface area contributed by atoms with Crippen molar-refractivity contribution in [2.24, 2.45) is 0 Å². The van der Waals surface area contributed by atoms with Gasteiger partial charge in [0.1, 0.15) is 0 Å². The highest BCUT2D eigenvalue weighted by Gasteiger charge is 2.10. The average Bonchev–Trinajstić information content (AvgIpc) is 3.31. The summed E-state index contributed by atoms with van der Waals surface area (Å²) in [5.41, 5.74) is 2.92. The molecule has 0 aliphatic rings. The standard InChI is InChI=1S/C18H14N4OS/c1-3-7-14(8-4-1)17-19-20-18(23-17)24-13-15-11-12-22(21-15)16-9-5-2-6-10-16/h1-12H,13H2. The van der Waals surface area contributed by atoms with Crippen LogP contribution in [0.2, 0.25) is 0 Å². The molecule has 2 aromatic heterocycles. The van der Waals surface area contributed by atoms with Crippen LogP contribution in [0.5, 0.6) is 0 Å². The molecule has 0 bridgehead atoms. The smallest absolute Gasteiger partial charge is 0.277 e. The molecular weight excluding hydrogens is 320 g/mol. The number of benzene rings is 2. The van der Waals surface area contributed by atoms with Crippen molar-refractivity contribution in [3.8, 4) is 17.1 Å². The molecule has 6 heteroatoms. The molecule has 0 saturated carbocycles. The zero-order valence-corrected chi connectivity index (χ0v) is 13.6. The summed E-state index contributed by atoms with van der Waals surface area (Å²) in [6.45, 7) is 0. The fourth-order valence-corrected chi connectivity index (χ4v) is 2.93. The molecule has 4 aromatic rings. The van der Waals surface area contributed by atoms with Crippen molar-refractivity contribution >= 4 is 11.8 Å². The second-order valence-electron chi connectivity index (χ2n) is 5.12. The van der Waals surface area contributed by atoms with E-state index in [4.69, 9.17) is 4.42 Å². The molecule has 0 N–H and O–H groups in total. The lowest BCUT2D eigenvalue weighted by Gasteiger charge is -1.99. The van der Waals surface area contributed by atoms with Gasteiger partial charge < -0.3 is 4.42 Å². The van der Waals surface area contributed by atoms with Crippen LogP contribution in [0, 0.1) is 0 Å². The van der Waals surface area contributed by atoms with Crippen molar-refractivity contribution in [1.82, 2.24) is 20.0 Å². The van der Waals surface area contributed by atoms with Gasteiger partial charge in [-0.2, -0.15) is 5.10 Å². The zero-order chi connectivity index (χ0) is 16.2. The predicted octanol–water partition coefficient (Wildman–Crippen LogP) is 4.21. The average molecular weight is 334 g/mol. The van der Waals surface area contributed by atoms with E-state index in [9.17, 15) is 0 Å². The van der Waals surface area contributed by atoms with Gasteiger partial charge in [0.25, 0.3) is 5.22 Å². The SMILES string of the molecule is c1ccc(-c2nnc(SCc3ccn(-c4ccccc4)n3)o2)cc1. The highest BCUT2D eigenvalue weighted by atomic mass is 32.2. The van der Waals surface area contributed by atoms with Gasteiger partial charge in [-0.15, -0.1) is 10.2 Å². The highest BCUT2D eigenvalue weighted by Crippen LogP contribution is 2.25. The van der Waals surface area contributed by atoms with E-state index >= 15 is 0 Å². The van der Waals surface area contributed by atoms with Gasteiger partial charge in [0.2, 0.25) is 5.89 Å². The van der Waals surface area contributed by atoms with Crippen LogP contribution in [-0.4, -0.2) is 20.0 Å². The number of hydrogen-bond acceptors (Lipinski definition) is 5. The Morgan fingerprint density at radius 3 is 2.42 bits per heavy atom. The first kappa shape index (κ1) is 14.7. The lowest BCUT2D eigenvalue weighted by atomic mass is 10.2. The van der Waals surface area contributed by atoms with E-state index in [1.807, 2.05) is 77.6 Å². The Morgan fingerprint density at radius 1 is 0.875 bits per heavy atom. The maximum Gasteiger partial charge on any atom is 0.277 e. The summed E-state index contributed by atoms with van der Waals surface area (Å²) >= 11 is 1.48. The molecule has 0 unspecified atom stereocenters. The topological polar surface area (TPSA) is 56.7 Å². The molecular formula is C18H14N4OS. The molecule has 118 valence electrons. The summed E-state index contributed by atoms with van der Waals surface area (Å²) in [5.74, 6) is 1.21. The third kappa shape index (κ3) is 3.23. The minimum absolute atomic E-state index is 0.535. The Morgan fingerprint density at radius 2 is 1.62 bits per heavy atom. The molecule has 0 aliphatic carbocycles. The van der Waals surface area contributed by atoms with Gasteiger partial charge in [-0.05, 0) is 30.3 Å². The van der Waals surface area contributed by atoms with Crippen LogP contribution < -0.4 is 0 Å². The lowest BCUT2D eigenvalue weighted by Crippen LogP contribution is -1.94. The van der Waals surface area contributed by atoms with Gasteiger partial charge in [0, 0.05) is 17.5 Å². The van der Waals surface area contributed by atoms with E-state index < -0.39 is 0 Å². The van der Waals surface area contributed by atoms with Crippen molar-refractivity contribution in [2.45, 2.75) is 11.0 Å². The van der Waals surface area contributed by atoms with Crippen LogP contribution >= 0.6 is 11.8 Å². The summed E-state index contributed by atoms with van der Waals surface area (Å²) in [7, 11) is 0. The molecule has 0 saturated heterocycles. The molecule has 0 radical (unpaired) electrons. The molecule has 0 atom stereocenters. The van der Waals surface area contributed by atoms with Crippen LogP contribution in [0.15, 0.2) is 82.6 Å². The van der Waals surface area contributed by atoms with Gasteiger partial charge in [0.05, 0.1) is 11.4 Å². The minimum Gasteiger partial charge on any atom is -0.411 e. The number of nitrogens with zero attached hydrogens (tertiary/aromatic N) is 4. The van der Waals surface area contributed by atoms with Crippen LogP contribution in [0.25, 0.3) is 17.1 Å². The first-order valence-electron chi connectivity index (χ1n) is 7.50. The second-order valence-corrected chi connectivity index (χ2v) is 6.04. The number of aromatic nitrogens is 4. The summed E-state index contributed by atoms with van der Waals surface area (Å²) in [6, 6.07) is 21.8. The van der Waals surface area contributed by atoms with Crippen LogP contribution in [-0.2, 0) is 5.75 Å². The largest absolute Gasteiger partial charge is 0.411 e. The van der Waals surface area contributed by atoms with Crippen molar-refractivity contribution in [3.05, 3.63) is 78.6 Å². The van der Waals surface area contributed by atoms with Gasteiger partial charge in [-0.1, -0.05) is 48.2 Å². The molecule has 5 nitrogen and oxygen atoms in total. The first-order valence-corrected chi connectivity index (χ1v) is 8.49. The van der Waals surface area contributed by atoms with Gasteiger partial charge in [-0.25, -0.2) is 4.68 Å². The maximum absolute atomic E-state index is 5.69. The molecule has 4 rings (SSSR count). The number of thioether (sulfide) groups is 1. The van der Waals surface area contributed by atoms with Crippen molar-refractivity contribution in [3.63, 3.8) is 0 Å². The third-order valence-electron chi connectivity index (χ3n) is 3.44. The molecule has 2 heterocycles. The fourth-order valence-electron chi connectivity index (χ4n) is 2.26. The minimum atomic E-state index is 0.535. The Labute approximate surface area is 143 Å². The van der Waals surface area contributed by atoms with Gasteiger partial charge in [0.15, 0.2) is 0 Å². The van der Waals surface area contributed by atoms with Crippen LogP contribution in [0.1, 0.15) is 5.69 Å². The van der Waals surface area contributed by atoms with Crippen molar-refractivity contribution in [2.75, 3.05) is 0 Å². The van der Waals surface area contributed by atoms with Crippen molar-refractivity contribution in [1.29, 1.82) is 0 Å². The number of rotatable bonds is 5. The van der Waals surface area contributed by atoms with E-state index in [1.54, 1.807) is 0 Å². The molecule has 0 spiro atoms. The molecule has 0 amide bonds. The zero-order valence-electron chi connectivity index (χ0n) is 12.7. The lowest BCUT2D eigenvalue weighted by molar-refractivity contribution is 0.466. The molecule has 2 aromatic carbocycles. The van der Waals surface area contributed by atoms with Crippen LogP contribution in [0.4, 0.5) is 0 Å². The first-order chi connectivity index (χ1) is 11.9. The number of para-hydroxylation sites is 1. The maximum atomic E-state index is 5.69. The Kier molecular flexibility index (Phi) is 4.12. The third-order valence-corrected chi connectivity index (χ3v) is 4.29. The second kappa shape index (κ2) is 6.72. The van der Waals surface area contributed by atoms with E-state index in [0.717, 1.165) is 16.9 Å². The Bertz CT molecular complexity index is 841. The van der Waals surface area contributed by atoms with E-state index in [1.165, 1.54) is 11.8 Å². The number of hydrogen-bond donors (Lipinski definition) is 0.